The molecule has 3 rings (SSSR count). The van der Waals surface area contributed by atoms with E-state index >= 15 is 0 Å². The van der Waals surface area contributed by atoms with Gasteiger partial charge in [0.05, 0.1) is 17.2 Å². The minimum absolute atomic E-state index is 0.0368. The minimum atomic E-state index is -1.09. The van der Waals surface area contributed by atoms with E-state index in [0.29, 0.717) is 35.1 Å². The van der Waals surface area contributed by atoms with Gasteiger partial charge in [0.25, 0.3) is 0 Å². The molecule has 3 aromatic carbocycles. The lowest BCUT2D eigenvalue weighted by Gasteiger charge is -2.11. The first-order valence-electron chi connectivity index (χ1n) is 8.10. The van der Waals surface area contributed by atoms with Crippen LogP contribution < -0.4 is 15.2 Å². The number of rotatable bonds is 6. The molecule has 0 aromatic heterocycles. The first kappa shape index (κ1) is 18.0. The van der Waals surface area contributed by atoms with Crippen molar-refractivity contribution < 1.29 is 19.4 Å². The molecule has 27 heavy (non-hydrogen) atoms. The number of nitrogens with zero attached hydrogens (tertiary/aromatic N) is 1. The van der Waals surface area contributed by atoms with Crippen LogP contribution in [0.15, 0.2) is 66.7 Å². The van der Waals surface area contributed by atoms with E-state index in [1.165, 1.54) is 12.1 Å². The number of hydrogen-bond donors (Lipinski definition) is 2. The summed E-state index contributed by atoms with van der Waals surface area (Å²) in [5, 5.41) is 18.2. The second-order valence-corrected chi connectivity index (χ2v) is 5.69. The molecule has 0 atom stereocenters. The molecule has 0 heterocycles. The summed E-state index contributed by atoms with van der Waals surface area (Å²) in [5.74, 6) is 0.588. The van der Waals surface area contributed by atoms with Crippen molar-refractivity contribution in [2.75, 3.05) is 0 Å². The van der Waals surface area contributed by atoms with Gasteiger partial charge in [-0.1, -0.05) is 12.1 Å². The number of ether oxygens (including phenoxy) is 2. The van der Waals surface area contributed by atoms with Crippen LogP contribution in [0.3, 0.4) is 0 Å². The van der Waals surface area contributed by atoms with Crippen LogP contribution >= 0.6 is 0 Å². The highest BCUT2D eigenvalue weighted by Gasteiger charge is 2.10. The Kier molecular flexibility index (Phi) is 5.36. The van der Waals surface area contributed by atoms with E-state index < -0.39 is 5.97 Å². The third-order valence-electron chi connectivity index (χ3n) is 3.74. The molecule has 3 aromatic rings. The van der Waals surface area contributed by atoms with Gasteiger partial charge in [-0.2, -0.15) is 5.26 Å². The number of nitrogens with two attached hydrogens (primary N) is 1. The van der Waals surface area contributed by atoms with Crippen molar-refractivity contribution in [3.63, 3.8) is 0 Å². The zero-order chi connectivity index (χ0) is 19.2. The van der Waals surface area contributed by atoms with Crippen molar-refractivity contribution >= 4 is 5.97 Å². The van der Waals surface area contributed by atoms with Crippen molar-refractivity contribution in [3.05, 3.63) is 83.4 Å². The standard InChI is InChI=1S/C21H16N2O4/c22-12-14-1-5-17(6-2-14)26-19-9-16(21(24)25)10-20(11-19)27-18-7-3-15(13-23)4-8-18/h1-11H,12,22H2,(H,24,25). The SMILES string of the molecule is N#Cc1ccc(Oc2cc(Oc3ccc(CN)cc3)cc(C(=O)O)c2)cc1. The van der Waals surface area contributed by atoms with Gasteiger partial charge in [0.2, 0.25) is 0 Å². The molecular weight excluding hydrogens is 344 g/mol. The van der Waals surface area contributed by atoms with E-state index in [4.69, 9.17) is 20.5 Å². The molecule has 0 amide bonds. The van der Waals surface area contributed by atoms with Gasteiger partial charge in [0.1, 0.15) is 23.0 Å². The van der Waals surface area contributed by atoms with Gasteiger partial charge in [0, 0.05) is 12.6 Å². The van der Waals surface area contributed by atoms with Crippen LogP contribution in [0.2, 0.25) is 0 Å². The average Bonchev–Trinajstić information content (AvgIpc) is 2.69. The number of carbonyl (C=O) groups is 1. The van der Waals surface area contributed by atoms with Crippen LogP contribution in [-0.4, -0.2) is 11.1 Å². The normalized spacial score (nSPS) is 10.1. The summed E-state index contributed by atoms with van der Waals surface area (Å²) in [6, 6.07) is 20.2. The van der Waals surface area contributed by atoms with E-state index in [-0.39, 0.29) is 5.56 Å². The van der Waals surface area contributed by atoms with Gasteiger partial charge in [0.15, 0.2) is 0 Å². The van der Waals surface area contributed by atoms with Crippen LogP contribution in [-0.2, 0) is 6.54 Å². The van der Waals surface area contributed by atoms with Gasteiger partial charge in [-0.05, 0) is 54.1 Å². The van der Waals surface area contributed by atoms with Gasteiger partial charge in [-0.15, -0.1) is 0 Å². The van der Waals surface area contributed by atoms with Crippen molar-refractivity contribution in [3.8, 4) is 29.1 Å². The lowest BCUT2D eigenvalue weighted by atomic mass is 10.2. The predicted octanol–water partition coefficient (Wildman–Crippen LogP) is 4.30. The van der Waals surface area contributed by atoms with Crippen LogP contribution in [0, 0.1) is 11.3 Å². The summed E-state index contributed by atoms with van der Waals surface area (Å²) in [6.45, 7) is 0.428. The molecule has 134 valence electrons. The van der Waals surface area contributed by atoms with E-state index in [0.717, 1.165) is 5.56 Å². The molecular formula is C21H16N2O4. The molecule has 0 bridgehead atoms. The zero-order valence-electron chi connectivity index (χ0n) is 14.3. The maximum absolute atomic E-state index is 11.4. The summed E-state index contributed by atoms with van der Waals surface area (Å²) in [4.78, 5) is 11.4. The molecule has 0 aliphatic carbocycles. The van der Waals surface area contributed by atoms with Crippen molar-refractivity contribution in [2.45, 2.75) is 6.54 Å². The molecule has 0 saturated heterocycles. The molecule has 0 aliphatic rings. The number of carboxylic acid groups (broad SMARTS) is 1. The molecule has 0 aliphatic heterocycles. The quantitative estimate of drug-likeness (QED) is 0.679. The first-order chi connectivity index (χ1) is 13.1. The molecule has 6 nitrogen and oxygen atoms in total. The van der Waals surface area contributed by atoms with Gasteiger partial charge in [-0.25, -0.2) is 4.79 Å². The monoisotopic (exact) mass is 360 g/mol. The Morgan fingerprint density at radius 1 is 0.889 bits per heavy atom. The highest BCUT2D eigenvalue weighted by Crippen LogP contribution is 2.30. The van der Waals surface area contributed by atoms with E-state index in [1.54, 1.807) is 42.5 Å². The molecule has 3 N–H and O–H groups in total. The Labute approximate surface area is 156 Å². The molecule has 6 heteroatoms. The number of aromatic carboxylic acids is 1. The molecule has 0 unspecified atom stereocenters. The topological polar surface area (TPSA) is 106 Å². The summed E-state index contributed by atoms with van der Waals surface area (Å²) in [6.07, 6.45) is 0. The molecule has 0 radical (unpaired) electrons. The smallest absolute Gasteiger partial charge is 0.335 e. The van der Waals surface area contributed by atoms with E-state index in [2.05, 4.69) is 0 Å². The third-order valence-corrected chi connectivity index (χ3v) is 3.74. The average molecular weight is 360 g/mol. The first-order valence-corrected chi connectivity index (χ1v) is 8.10. The summed E-state index contributed by atoms with van der Waals surface area (Å²) in [5.41, 5.74) is 7.08. The summed E-state index contributed by atoms with van der Waals surface area (Å²) >= 11 is 0. The minimum Gasteiger partial charge on any atom is -0.478 e. The van der Waals surface area contributed by atoms with Crippen LogP contribution in [0.25, 0.3) is 0 Å². The lowest BCUT2D eigenvalue weighted by Crippen LogP contribution is -1.98. The highest BCUT2D eigenvalue weighted by molar-refractivity contribution is 5.88. The molecule has 0 saturated carbocycles. The largest absolute Gasteiger partial charge is 0.478 e. The van der Waals surface area contributed by atoms with Gasteiger partial charge >= 0.3 is 5.97 Å². The predicted molar refractivity (Wildman–Crippen MR) is 99.0 cm³/mol. The van der Waals surface area contributed by atoms with E-state index in [9.17, 15) is 9.90 Å². The summed E-state index contributed by atoms with van der Waals surface area (Å²) < 4.78 is 11.5. The number of hydrogen-bond acceptors (Lipinski definition) is 5. The Bertz CT molecular complexity index is 990. The fourth-order valence-electron chi connectivity index (χ4n) is 2.38. The maximum atomic E-state index is 11.4. The summed E-state index contributed by atoms with van der Waals surface area (Å²) in [7, 11) is 0. The number of benzene rings is 3. The van der Waals surface area contributed by atoms with E-state index in [1.807, 2.05) is 18.2 Å². The maximum Gasteiger partial charge on any atom is 0.335 e. The second kappa shape index (κ2) is 8.04. The van der Waals surface area contributed by atoms with Crippen LogP contribution in [0.1, 0.15) is 21.5 Å². The zero-order valence-corrected chi connectivity index (χ0v) is 14.3. The Morgan fingerprint density at radius 3 is 1.85 bits per heavy atom. The van der Waals surface area contributed by atoms with Crippen molar-refractivity contribution in [1.29, 1.82) is 5.26 Å². The fraction of sp³-hybridized carbons (Fsp3) is 0.0476. The third kappa shape index (κ3) is 4.63. The van der Waals surface area contributed by atoms with Crippen LogP contribution in [0.4, 0.5) is 0 Å². The Morgan fingerprint density at radius 2 is 1.41 bits per heavy atom. The Balaban J connectivity index is 1.87. The van der Waals surface area contributed by atoms with Gasteiger partial charge in [-0.3, -0.25) is 0 Å². The lowest BCUT2D eigenvalue weighted by molar-refractivity contribution is 0.0696. The van der Waals surface area contributed by atoms with Crippen molar-refractivity contribution in [1.82, 2.24) is 0 Å². The number of nitriles is 1. The molecule has 0 fully saturated rings. The van der Waals surface area contributed by atoms with Crippen LogP contribution in [0.5, 0.6) is 23.0 Å². The fourth-order valence-corrected chi connectivity index (χ4v) is 2.38. The number of carboxylic acids is 1. The second-order valence-electron chi connectivity index (χ2n) is 5.69. The molecule has 0 spiro atoms. The Hall–Kier alpha value is -3.82. The van der Waals surface area contributed by atoms with Crippen molar-refractivity contribution in [2.24, 2.45) is 5.73 Å². The highest BCUT2D eigenvalue weighted by atomic mass is 16.5. The van der Waals surface area contributed by atoms with Gasteiger partial charge < -0.3 is 20.3 Å².